The molecule has 5 nitrogen and oxygen atoms in total. The molecule has 4 rings (SSSR count). The Hall–Kier alpha value is -2.31. The van der Waals surface area contributed by atoms with Crippen molar-refractivity contribution in [3.8, 4) is 11.5 Å². The summed E-state index contributed by atoms with van der Waals surface area (Å²) in [6.45, 7) is 0.483. The van der Waals surface area contributed by atoms with Crippen LogP contribution in [0, 0.1) is 0 Å². The summed E-state index contributed by atoms with van der Waals surface area (Å²) in [6.07, 6.45) is 2.00. The highest BCUT2D eigenvalue weighted by Crippen LogP contribution is 2.25. The van der Waals surface area contributed by atoms with Crippen molar-refractivity contribution in [1.82, 2.24) is 19.7 Å². The minimum atomic E-state index is 0.483. The second kappa shape index (κ2) is 6.30. The molecule has 0 radical (unpaired) electrons. The van der Waals surface area contributed by atoms with E-state index < -0.39 is 0 Å². The van der Waals surface area contributed by atoms with Gasteiger partial charge in [-0.1, -0.05) is 35.5 Å². The Morgan fingerprint density at radius 1 is 1.08 bits per heavy atom. The number of rotatable bonds is 4. The van der Waals surface area contributed by atoms with Gasteiger partial charge in [0, 0.05) is 10.6 Å². The van der Waals surface area contributed by atoms with E-state index in [1.165, 1.54) is 0 Å². The average Bonchev–Trinajstić information content (AvgIpc) is 3.21. The van der Waals surface area contributed by atoms with Crippen molar-refractivity contribution in [2.45, 2.75) is 11.7 Å². The molecule has 0 N–H and O–H groups in total. The zero-order valence-electron chi connectivity index (χ0n) is 12.8. The zero-order chi connectivity index (χ0) is 16.5. The van der Waals surface area contributed by atoms with Crippen LogP contribution in [0.1, 0.15) is 5.89 Å². The minimum absolute atomic E-state index is 0.483. The Morgan fingerprint density at radius 3 is 2.67 bits per heavy atom. The third-order valence-electron chi connectivity index (χ3n) is 3.65. The highest BCUT2D eigenvalue weighted by molar-refractivity contribution is 7.98. The summed E-state index contributed by atoms with van der Waals surface area (Å²) < 4.78 is 7.89. The van der Waals surface area contributed by atoms with Crippen LogP contribution in [0.2, 0.25) is 5.02 Å². The Kier molecular flexibility index (Phi) is 4.00. The lowest BCUT2D eigenvalue weighted by molar-refractivity contribution is 0.482. The van der Waals surface area contributed by atoms with E-state index in [1.54, 1.807) is 23.9 Å². The monoisotopic (exact) mass is 356 g/mol. The third-order valence-corrected chi connectivity index (χ3v) is 4.58. The molecule has 0 bridgehead atoms. The van der Waals surface area contributed by atoms with Crippen LogP contribution in [0.4, 0.5) is 0 Å². The number of halogens is 1. The molecular weight excluding hydrogens is 344 g/mol. The van der Waals surface area contributed by atoms with Crippen molar-refractivity contribution in [1.29, 1.82) is 0 Å². The van der Waals surface area contributed by atoms with E-state index in [1.807, 2.05) is 42.7 Å². The highest BCUT2D eigenvalue weighted by Gasteiger charge is 2.14. The maximum Gasteiger partial charge on any atom is 0.247 e. The van der Waals surface area contributed by atoms with E-state index in [9.17, 15) is 0 Å². The van der Waals surface area contributed by atoms with Crippen LogP contribution in [0.3, 0.4) is 0 Å². The Bertz CT molecular complexity index is 993. The zero-order valence-corrected chi connectivity index (χ0v) is 14.4. The van der Waals surface area contributed by atoms with Crippen LogP contribution in [0.15, 0.2) is 58.1 Å². The van der Waals surface area contributed by atoms with E-state index in [0.29, 0.717) is 23.3 Å². The van der Waals surface area contributed by atoms with Crippen molar-refractivity contribution in [2.75, 3.05) is 6.26 Å². The molecule has 0 aliphatic rings. The standard InChI is InChI=1S/C17H13ClN4OS/c1-24-17-19-13-4-2-3-5-14(13)22(17)10-15-20-21-16(23-15)11-6-8-12(18)9-7-11/h2-9H,10H2,1H3. The van der Waals surface area contributed by atoms with Gasteiger partial charge in [-0.2, -0.15) is 0 Å². The van der Waals surface area contributed by atoms with E-state index in [0.717, 1.165) is 21.8 Å². The SMILES string of the molecule is CSc1nc2ccccc2n1Cc1nnc(-c2ccc(Cl)cc2)o1. The smallest absolute Gasteiger partial charge is 0.247 e. The number of aromatic nitrogens is 4. The third kappa shape index (κ3) is 2.79. The molecule has 0 unspecified atom stereocenters. The lowest BCUT2D eigenvalue weighted by Gasteiger charge is -2.03. The predicted molar refractivity (Wildman–Crippen MR) is 95.4 cm³/mol. The summed E-state index contributed by atoms with van der Waals surface area (Å²) >= 11 is 7.50. The lowest BCUT2D eigenvalue weighted by Crippen LogP contribution is -2.01. The van der Waals surface area contributed by atoms with Gasteiger partial charge < -0.3 is 8.98 Å². The number of imidazole rings is 1. The van der Waals surface area contributed by atoms with Gasteiger partial charge >= 0.3 is 0 Å². The largest absolute Gasteiger partial charge is 0.419 e. The molecule has 0 saturated carbocycles. The lowest BCUT2D eigenvalue weighted by atomic mass is 10.2. The van der Waals surface area contributed by atoms with Gasteiger partial charge in [0.25, 0.3) is 0 Å². The molecule has 24 heavy (non-hydrogen) atoms. The Balaban J connectivity index is 1.68. The molecule has 120 valence electrons. The predicted octanol–water partition coefficient (Wildman–Crippen LogP) is 4.51. The Labute approximate surface area is 147 Å². The number of thioether (sulfide) groups is 1. The van der Waals surface area contributed by atoms with Gasteiger partial charge in [-0.15, -0.1) is 10.2 Å². The summed E-state index contributed by atoms with van der Waals surface area (Å²) in [5, 5.41) is 9.89. The number of hydrogen-bond acceptors (Lipinski definition) is 5. The van der Waals surface area contributed by atoms with Crippen LogP contribution < -0.4 is 0 Å². The number of benzene rings is 2. The van der Waals surface area contributed by atoms with Gasteiger partial charge in [0.1, 0.15) is 6.54 Å². The van der Waals surface area contributed by atoms with Crippen LogP contribution in [0.25, 0.3) is 22.5 Å². The Morgan fingerprint density at radius 2 is 1.88 bits per heavy atom. The van der Waals surface area contributed by atoms with E-state index in [-0.39, 0.29) is 0 Å². The maximum absolute atomic E-state index is 5.91. The first-order valence-electron chi connectivity index (χ1n) is 7.32. The fraction of sp³-hybridized carbons (Fsp3) is 0.118. The van der Waals surface area contributed by atoms with Crippen molar-refractivity contribution < 1.29 is 4.42 Å². The molecule has 0 saturated heterocycles. The van der Waals surface area contributed by atoms with E-state index in [2.05, 4.69) is 19.7 Å². The maximum atomic E-state index is 5.91. The van der Waals surface area contributed by atoms with Crippen LogP contribution in [-0.2, 0) is 6.54 Å². The van der Waals surface area contributed by atoms with Gasteiger partial charge in [0.15, 0.2) is 5.16 Å². The second-order valence-corrected chi connectivity index (χ2v) is 6.39. The second-order valence-electron chi connectivity index (χ2n) is 5.18. The van der Waals surface area contributed by atoms with Crippen LogP contribution in [0.5, 0.6) is 0 Å². The molecule has 2 aromatic heterocycles. The fourth-order valence-corrected chi connectivity index (χ4v) is 3.22. The highest BCUT2D eigenvalue weighted by atomic mass is 35.5. The topological polar surface area (TPSA) is 56.7 Å². The van der Waals surface area contributed by atoms with Gasteiger partial charge in [-0.3, -0.25) is 0 Å². The van der Waals surface area contributed by atoms with Gasteiger partial charge in [0.05, 0.1) is 11.0 Å². The minimum Gasteiger partial charge on any atom is -0.419 e. The molecule has 2 aromatic carbocycles. The molecule has 7 heteroatoms. The number of fused-ring (bicyclic) bond motifs is 1. The van der Waals surface area contributed by atoms with E-state index >= 15 is 0 Å². The molecule has 2 heterocycles. The van der Waals surface area contributed by atoms with Crippen molar-refractivity contribution >= 4 is 34.4 Å². The summed E-state index contributed by atoms with van der Waals surface area (Å²) in [5.41, 5.74) is 2.85. The van der Waals surface area contributed by atoms with Gasteiger partial charge in [-0.05, 0) is 42.7 Å². The summed E-state index contributed by atoms with van der Waals surface area (Å²) in [7, 11) is 0. The van der Waals surface area contributed by atoms with Crippen LogP contribution >= 0.6 is 23.4 Å². The quantitative estimate of drug-likeness (QED) is 0.503. The molecular formula is C17H13ClN4OS. The van der Waals surface area contributed by atoms with Crippen molar-refractivity contribution in [3.05, 3.63) is 59.4 Å². The summed E-state index contributed by atoms with van der Waals surface area (Å²) in [4.78, 5) is 4.62. The molecule has 0 aliphatic carbocycles. The number of para-hydroxylation sites is 2. The molecule has 0 spiro atoms. The summed E-state index contributed by atoms with van der Waals surface area (Å²) in [6, 6.07) is 15.3. The molecule has 0 aliphatic heterocycles. The van der Waals surface area contributed by atoms with Gasteiger partial charge in [-0.25, -0.2) is 4.98 Å². The molecule has 0 amide bonds. The first kappa shape index (κ1) is 15.2. The van der Waals surface area contributed by atoms with Crippen LogP contribution in [-0.4, -0.2) is 26.0 Å². The van der Waals surface area contributed by atoms with Crippen molar-refractivity contribution in [3.63, 3.8) is 0 Å². The first-order valence-corrected chi connectivity index (χ1v) is 8.92. The first-order chi connectivity index (χ1) is 11.7. The van der Waals surface area contributed by atoms with Crippen molar-refractivity contribution in [2.24, 2.45) is 0 Å². The molecule has 0 atom stereocenters. The average molecular weight is 357 g/mol. The summed E-state index contributed by atoms with van der Waals surface area (Å²) in [5.74, 6) is 1.02. The number of nitrogens with zero attached hydrogens (tertiary/aromatic N) is 4. The normalized spacial score (nSPS) is 11.2. The molecule has 4 aromatic rings. The van der Waals surface area contributed by atoms with E-state index in [4.69, 9.17) is 16.0 Å². The fourth-order valence-electron chi connectivity index (χ4n) is 2.52. The number of hydrogen-bond donors (Lipinski definition) is 0. The molecule has 0 fully saturated rings. The van der Waals surface area contributed by atoms with Gasteiger partial charge in [0.2, 0.25) is 11.8 Å².